The van der Waals surface area contributed by atoms with Gasteiger partial charge in [-0.1, -0.05) is 18.2 Å². The average Bonchev–Trinajstić information content (AvgIpc) is 3.25. The van der Waals surface area contributed by atoms with Crippen LogP contribution in [0.4, 0.5) is 18.9 Å². The molecule has 1 aliphatic rings. The van der Waals surface area contributed by atoms with Gasteiger partial charge < -0.3 is 4.57 Å². The molecule has 2 aromatic carbocycles. The molecule has 0 amide bonds. The van der Waals surface area contributed by atoms with Crippen molar-refractivity contribution in [2.75, 3.05) is 4.72 Å². The summed E-state index contributed by atoms with van der Waals surface area (Å²) >= 11 is 0. The van der Waals surface area contributed by atoms with Crippen molar-refractivity contribution in [1.29, 1.82) is 0 Å². The quantitative estimate of drug-likeness (QED) is 0.701. The van der Waals surface area contributed by atoms with E-state index in [2.05, 4.69) is 14.3 Å². The van der Waals surface area contributed by atoms with Gasteiger partial charge >= 0.3 is 6.18 Å². The maximum Gasteiger partial charge on any atom is 0.416 e. The molecule has 0 saturated heterocycles. The molecule has 0 bridgehead atoms. The Morgan fingerprint density at radius 1 is 1.07 bits per heavy atom. The Hall–Kier alpha value is -2.81. The van der Waals surface area contributed by atoms with E-state index >= 15 is 0 Å². The highest BCUT2D eigenvalue weighted by molar-refractivity contribution is 7.92. The minimum Gasteiger partial charge on any atom is -0.328 e. The number of nitrogens with zero attached hydrogens (tertiary/aromatic N) is 2. The summed E-state index contributed by atoms with van der Waals surface area (Å²) in [5.74, 6) is 1.03. The Morgan fingerprint density at radius 2 is 1.82 bits per heavy atom. The molecule has 1 aromatic heterocycles. The molecule has 1 aliphatic heterocycles. The van der Waals surface area contributed by atoms with Crippen LogP contribution in [0, 0.1) is 0 Å². The fourth-order valence-corrected chi connectivity index (χ4v) is 4.36. The molecular formula is C19H16F3N3O2S. The molecule has 0 atom stereocenters. The molecule has 3 aromatic rings. The number of sulfonamides is 1. The van der Waals surface area contributed by atoms with Crippen LogP contribution in [0.2, 0.25) is 0 Å². The van der Waals surface area contributed by atoms with Crippen LogP contribution in [-0.2, 0) is 29.2 Å². The second kappa shape index (κ2) is 6.66. The van der Waals surface area contributed by atoms with Gasteiger partial charge in [0.1, 0.15) is 5.82 Å². The van der Waals surface area contributed by atoms with Crippen molar-refractivity contribution in [2.24, 2.45) is 0 Å². The molecule has 5 nitrogen and oxygen atoms in total. The number of benzene rings is 2. The predicted molar refractivity (Wildman–Crippen MR) is 98.2 cm³/mol. The second-order valence-electron chi connectivity index (χ2n) is 6.52. The largest absolute Gasteiger partial charge is 0.416 e. The zero-order valence-corrected chi connectivity index (χ0v) is 15.4. The van der Waals surface area contributed by atoms with E-state index in [1.165, 1.54) is 0 Å². The number of halogens is 3. The molecule has 9 heteroatoms. The van der Waals surface area contributed by atoms with Crippen molar-refractivity contribution < 1.29 is 21.6 Å². The van der Waals surface area contributed by atoms with E-state index in [1.54, 1.807) is 30.5 Å². The summed E-state index contributed by atoms with van der Waals surface area (Å²) in [6.45, 7) is 0.897. The van der Waals surface area contributed by atoms with Gasteiger partial charge in [0.05, 0.1) is 22.3 Å². The van der Waals surface area contributed by atoms with Crippen molar-refractivity contribution in [3.8, 4) is 11.3 Å². The Morgan fingerprint density at radius 3 is 2.54 bits per heavy atom. The van der Waals surface area contributed by atoms with Gasteiger partial charge in [0.25, 0.3) is 10.0 Å². The highest BCUT2D eigenvalue weighted by atomic mass is 32.2. The van der Waals surface area contributed by atoms with Crippen molar-refractivity contribution in [3.63, 3.8) is 0 Å². The molecule has 4 rings (SSSR count). The smallest absolute Gasteiger partial charge is 0.328 e. The number of nitrogens with one attached hydrogen (secondary N) is 1. The number of imidazole rings is 1. The average molecular weight is 407 g/mol. The number of alkyl halides is 3. The van der Waals surface area contributed by atoms with E-state index in [4.69, 9.17) is 0 Å². The predicted octanol–water partition coefficient (Wildman–Crippen LogP) is 4.32. The van der Waals surface area contributed by atoms with Gasteiger partial charge in [0, 0.05) is 18.7 Å². The minimum absolute atomic E-state index is 0.266. The third-order valence-corrected chi connectivity index (χ3v) is 6.00. The zero-order valence-electron chi connectivity index (χ0n) is 14.6. The molecule has 0 spiro atoms. The number of aromatic nitrogens is 2. The van der Waals surface area contributed by atoms with Gasteiger partial charge in [-0.3, -0.25) is 4.72 Å². The second-order valence-corrected chi connectivity index (χ2v) is 8.21. The van der Waals surface area contributed by atoms with Gasteiger partial charge in [-0.15, -0.1) is 0 Å². The summed E-state index contributed by atoms with van der Waals surface area (Å²) in [5, 5.41) is 0. The Kier molecular flexibility index (Phi) is 4.41. The lowest BCUT2D eigenvalue weighted by molar-refractivity contribution is -0.137. The van der Waals surface area contributed by atoms with Crippen LogP contribution in [0.25, 0.3) is 11.3 Å². The maximum atomic E-state index is 12.8. The standard InChI is InChI=1S/C19H16F3N3O2S/c20-19(21,22)14-3-1-4-16(11-14)28(26,27)24-15-8-6-13(7-9-15)17-12-23-18-5-2-10-25(17)18/h1,3-4,6-9,11-12,24H,2,5,10H2. The summed E-state index contributed by atoms with van der Waals surface area (Å²) in [7, 11) is -4.14. The lowest BCUT2D eigenvalue weighted by atomic mass is 10.1. The first-order valence-electron chi connectivity index (χ1n) is 8.59. The van der Waals surface area contributed by atoms with E-state index in [1.807, 2.05) is 0 Å². The molecule has 0 unspecified atom stereocenters. The molecule has 146 valence electrons. The number of aryl methyl sites for hydroxylation is 1. The first-order valence-corrected chi connectivity index (χ1v) is 10.1. The third-order valence-electron chi connectivity index (χ3n) is 4.62. The normalized spacial score (nSPS) is 14.1. The monoisotopic (exact) mass is 407 g/mol. The topological polar surface area (TPSA) is 64.0 Å². The summed E-state index contributed by atoms with van der Waals surface area (Å²) in [5.41, 5.74) is 1.10. The van der Waals surface area contributed by atoms with Crippen LogP contribution >= 0.6 is 0 Å². The van der Waals surface area contributed by atoms with Crippen LogP contribution in [0.15, 0.2) is 59.6 Å². The van der Waals surface area contributed by atoms with E-state index < -0.39 is 26.7 Å². The molecular weight excluding hydrogens is 391 g/mol. The van der Waals surface area contributed by atoms with Crippen LogP contribution in [0.1, 0.15) is 17.8 Å². The van der Waals surface area contributed by atoms with Crippen LogP contribution in [-0.4, -0.2) is 18.0 Å². The lowest BCUT2D eigenvalue weighted by Gasteiger charge is -2.12. The van der Waals surface area contributed by atoms with E-state index in [0.29, 0.717) is 6.07 Å². The fourth-order valence-electron chi connectivity index (χ4n) is 3.25. The zero-order chi connectivity index (χ0) is 19.9. The van der Waals surface area contributed by atoms with Gasteiger partial charge in [0.15, 0.2) is 0 Å². The fraction of sp³-hybridized carbons (Fsp3) is 0.211. The number of fused-ring (bicyclic) bond motifs is 1. The maximum absolute atomic E-state index is 12.8. The Bertz CT molecular complexity index is 1120. The van der Waals surface area contributed by atoms with Crippen LogP contribution in [0.5, 0.6) is 0 Å². The molecule has 0 fully saturated rings. The SMILES string of the molecule is O=S(=O)(Nc1ccc(-c2cnc3n2CCC3)cc1)c1cccc(C(F)(F)F)c1. The third kappa shape index (κ3) is 3.49. The molecule has 0 radical (unpaired) electrons. The molecule has 1 N–H and O–H groups in total. The molecule has 2 heterocycles. The first kappa shape index (κ1) is 18.5. The van der Waals surface area contributed by atoms with E-state index in [9.17, 15) is 21.6 Å². The number of hydrogen-bond acceptors (Lipinski definition) is 3. The van der Waals surface area contributed by atoms with Crippen molar-refractivity contribution in [3.05, 3.63) is 66.1 Å². The number of anilines is 1. The van der Waals surface area contributed by atoms with Crippen LogP contribution < -0.4 is 4.72 Å². The summed E-state index contributed by atoms with van der Waals surface area (Å²) < 4.78 is 67.9. The van der Waals surface area contributed by atoms with Crippen LogP contribution in [0.3, 0.4) is 0 Å². The first-order chi connectivity index (χ1) is 13.2. The number of hydrogen-bond donors (Lipinski definition) is 1. The van der Waals surface area contributed by atoms with Crippen molar-refractivity contribution in [2.45, 2.75) is 30.5 Å². The Balaban J connectivity index is 1.57. The van der Waals surface area contributed by atoms with E-state index in [-0.39, 0.29) is 5.69 Å². The molecule has 28 heavy (non-hydrogen) atoms. The van der Waals surface area contributed by atoms with Gasteiger partial charge in [0.2, 0.25) is 0 Å². The van der Waals surface area contributed by atoms with Crippen molar-refractivity contribution in [1.82, 2.24) is 9.55 Å². The van der Waals surface area contributed by atoms with Gasteiger partial charge in [-0.25, -0.2) is 13.4 Å². The van der Waals surface area contributed by atoms with Gasteiger partial charge in [-0.2, -0.15) is 13.2 Å². The summed E-state index contributed by atoms with van der Waals surface area (Å²) in [6.07, 6.45) is -0.838. The van der Waals surface area contributed by atoms with Crippen molar-refractivity contribution >= 4 is 15.7 Å². The highest BCUT2D eigenvalue weighted by Crippen LogP contribution is 2.31. The Labute approximate surface area is 159 Å². The minimum atomic E-state index is -4.61. The summed E-state index contributed by atoms with van der Waals surface area (Å²) in [4.78, 5) is 3.94. The number of rotatable bonds is 4. The summed E-state index contributed by atoms with van der Waals surface area (Å²) in [6, 6.07) is 10.3. The van der Waals surface area contributed by atoms with Gasteiger partial charge in [-0.05, 0) is 42.3 Å². The molecule has 0 saturated carbocycles. The molecule has 0 aliphatic carbocycles. The lowest BCUT2D eigenvalue weighted by Crippen LogP contribution is -2.14. The van der Waals surface area contributed by atoms with E-state index in [0.717, 1.165) is 54.7 Å². The highest BCUT2D eigenvalue weighted by Gasteiger charge is 2.31.